The van der Waals surface area contributed by atoms with Crippen LogP contribution in [-0.4, -0.2) is 36.1 Å². The minimum atomic E-state index is -0.587. The van der Waals surface area contributed by atoms with Gasteiger partial charge in [0.2, 0.25) is 0 Å². The number of hydrogen-bond donors (Lipinski definition) is 1. The molecule has 0 bridgehead atoms. The average molecular weight is 381 g/mol. The number of carbonyl (C=O) groups is 1. The second kappa shape index (κ2) is 10.4. The summed E-state index contributed by atoms with van der Waals surface area (Å²) in [6.07, 6.45) is 3.50. The number of esters is 1. The van der Waals surface area contributed by atoms with Gasteiger partial charge in [-0.25, -0.2) is 0 Å². The molecule has 1 saturated heterocycles. The first kappa shape index (κ1) is 20.6. The van der Waals surface area contributed by atoms with Crippen LogP contribution < -0.4 is 5.32 Å². The maximum atomic E-state index is 13.0. The molecule has 150 valence electrons. The summed E-state index contributed by atoms with van der Waals surface area (Å²) in [7, 11) is 0. The van der Waals surface area contributed by atoms with E-state index in [0.29, 0.717) is 13.2 Å². The number of nitrogens with one attached hydrogen (secondary N) is 1. The number of likely N-dealkylation sites (tertiary alicyclic amines) is 1. The first-order valence-electron chi connectivity index (χ1n) is 10.4. The predicted molar refractivity (Wildman–Crippen MR) is 113 cm³/mol. The first-order chi connectivity index (χ1) is 13.7. The van der Waals surface area contributed by atoms with Gasteiger partial charge in [-0.05, 0) is 30.4 Å². The molecule has 0 saturated carbocycles. The summed E-state index contributed by atoms with van der Waals surface area (Å²) in [5.74, 6) is -0.0868. The lowest BCUT2D eigenvalue weighted by atomic mass is 9.86. The monoisotopic (exact) mass is 380 g/mol. The summed E-state index contributed by atoms with van der Waals surface area (Å²) in [6, 6.07) is 20.8. The molecule has 0 aliphatic carbocycles. The number of benzene rings is 2. The van der Waals surface area contributed by atoms with E-state index in [0.717, 1.165) is 45.3 Å². The van der Waals surface area contributed by atoms with Crippen LogP contribution >= 0.6 is 0 Å². The van der Waals surface area contributed by atoms with Crippen LogP contribution in [0, 0.1) is 0 Å². The molecule has 0 unspecified atom stereocenters. The third kappa shape index (κ3) is 5.66. The molecule has 1 N–H and O–H groups in total. The summed E-state index contributed by atoms with van der Waals surface area (Å²) >= 11 is 0. The quantitative estimate of drug-likeness (QED) is 0.524. The summed E-state index contributed by atoms with van der Waals surface area (Å²) in [5.41, 5.74) is 1.92. The van der Waals surface area contributed by atoms with Crippen molar-refractivity contribution in [2.45, 2.75) is 51.2 Å². The van der Waals surface area contributed by atoms with Gasteiger partial charge in [-0.2, -0.15) is 0 Å². The number of unbranched alkanes of at least 4 members (excludes halogenated alkanes) is 1. The fraction of sp³-hybridized carbons (Fsp3) is 0.458. The fourth-order valence-electron chi connectivity index (χ4n) is 3.70. The van der Waals surface area contributed by atoms with Crippen molar-refractivity contribution in [2.24, 2.45) is 0 Å². The Morgan fingerprint density at radius 1 is 1.00 bits per heavy atom. The lowest BCUT2D eigenvalue weighted by molar-refractivity contribution is -0.154. The maximum absolute atomic E-state index is 13.0. The van der Waals surface area contributed by atoms with Gasteiger partial charge in [0.05, 0.1) is 6.61 Å². The third-order valence-electron chi connectivity index (χ3n) is 5.55. The van der Waals surface area contributed by atoms with Crippen LogP contribution in [0.2, 0.25) is 0 Å². The van der Waals surface area contributed by atoms with Crippen molar-refractivity contribution in [3.05, 3.63) is 71.8 Å². The summed E-state index contributed by atoms with van der Waals surface area (Å²) in [5, 5.41) is 3.56. The van der Waals surface area contributed by atoms with Crippen molar-refractivity contribution in [3.8, 4) is 0 Å². The Kier molecular flexibility index (Phi) is 7.63. The van der Waals surface area contributed by atoms with Crippen molar-refractivity contribution < 1.29 is 9.53 Å². The van der Waals surface area contributed by atoms with Gasteiger partial charge in [0.25, 0.3) is 0 Å². The molecule has 2 aromatic rings. The molecule has 2 aromatic carbocycles. The molecule has 1 fully saturated rings. The van der Waals surface area contributed by atoms with Gasteiger partial charge in [0.15, 0.2) is 0 Å². The maximum Gasteiger partial charge on any atom is 0.326 e. The van der Waals surface area contributed by atoms with Gasteiger partial charge >= 0.3 is 5.97 Å². The third-order valence-corrected chi connectivity index (χ3v) is 5.55. The van der Waals surface area contributed by atoms with Crippen LogP contribution in [-0.2, 0) is 22.6 Å². The number of piperidine rings is 1. The molecule has 3 rings (SSSR count). The van der Waals surface area contributed by atoms with Crippen molar-refractivity contribution in [1.82, 2.24) is 10.2 Å². The molecular weight excluding hydrogens is 348 g/mol. The van der Waals surface area contributed by atoms with Crippen molar-refractivity contribution >= 4 is 5.97 Å². The lowest BCUT2D eigenvalue weighted by Gasteiger charge is -2.40. The SMILES string of the molecule is CCCCOC(=O)C1(NCc2ccccc2)CCN(Cc2ccccc2)CC1. The standard InChI is InChI=1S/C24H32N2O2/c1-2-3-18-28-23(27)24(25-19-21-10-6-4-7-11-21)14-16-26(17-15-24)20-22-12-8-5-9-13-22/h4-13,25H,2-3,14-20H2,1H3. The Balaban J connectivity index is 1.62. The number of ether oxygens (including phenoxy) is 1. The van der Waals surface area contributed by atoms with Crippen LogP contribution in [0.15, 0.2) is 60.7 Å². The molecule has 4 heteroatoms. The van der Waals surface area contributed by atoms with Gasteiger partial charge in [-0.15, -0.1) is 0 Å². The highest BCUT2D eigenvalue weighted by atomic mass is 16.5. The number of rotatable bonds is 9. The van der Waals surface area contributed by atoms with E-state index >= 15 is 0 Å². The van der Waals surface area contributed by atoms with Crippen molar-refractivity contribution in [1.29, 1.82) is 0 Å². The van der Waals surface area contributed by atoms with Gasteiger partial charge < -0.3 is 4.74 Å². The molecule has 0 amide bonds. The molecule has 0 aromatic heterocycles. The minimum Gasteiger partial charge on any atom is -0.464 e. The highest BCUT2D eigenvalue weighted by Crippen LogP contribution is 2.26. The van der Waals surface area contributed by atoms with E-state index in [9.17, 15) is 4.79 Å². The van der Waals surface area contributed by atoms with Crippen LogP contribution in [0.1, 0.15) is 43.7 Å². The van der Waals surface area contributed by atoms with Crippen LogP contribution in [0.3, 0.4) is 0 Å². The molecule has 1 heterocycles. The summed E-state index contributed by atoms with van der Waals surface area (Å²) in [6.45, 7) is 6.01. The smallest absolute Gasteiger partial charge is 0.326 e. The summed E-state index contributed by atoms with van der Waals surface area (Å²) in [4.78, 5) is 15.4. The normalized spacial score (nSPS) is 16.6. The highest BCUT2D eigenvalue weighted by molar-refractivity contribution is 5.81. The molecule has 4 nitrogen and oxygen atoms in total. The van der Waals surface area contributed by atoms with E-state index in [1.165, 1.54) is 11.1 Å². The largest absolute Gasteiger partial charge is 0.464 e. The fourth-order valence-corrected chi connectivity index (χ4v) is 3.70. The van der Waals surface area contributed by atoms with E-state index in [4.69, 9.17) is 4.74 Å². The Hall–Kier alpha value is -2.17. The number of carbonyl (C=O) groups excluding carboxylic acids is 1. The molecule has 0 spiro atoms. The highest BCUT2D eigenvalue weighted by Gasteiger charge is 2.42. The van der Waals surface area contributed by atoms with Crippen LogP contribution in [0.25, 0.3) is 0 Å². The van der Waals surface area contributed by atoms with Gasteiger partial charge in [0.1, 0.15) is 5.54 Å². The van der Waals surface area contributed by atoms with Gasteiger partial charge in [0, 0.05) is 26.2 Å². The van der Waals surface area contributed by atoms with E-state index in [1.54, 1.807) is 0 Å². The second-order valence-corrected chi connectivity index (χ2v) is 7.67. The van der Waals surface area contributed by atoms with E-state index in [2.05, 4.69) is 53.5 Å². The topological polar surface area (TPSA) is 41.6 Å². The molecular formula is C24H32N2O2. The Labute approximate surface area is 168 Å². The Bertz CT molecular complexity index is 710. The summed E-state index contributed by atoms with van der Waals surface area (Å²) < 4.78 is 5.65. The Morgan fingerprint density at radius 3 is 2.21 bits per heavy atom. The first-order valence-corrected chi connectivity index (χ1v) is 10.4. The lowest BCUT2D eigenvalue weighted by Crippen LogP contribution is -2.58. The number of nitrogens with zero attached hydrogens (tertiary/aromatic N) is 1. The second-order valence-electron chi connectivity index (χ2n) is 7.67. The van der Waals surface area contributed by atoms with Gasteiger partial charge in [-0.1, -0.05) is 74.0 Å². The predicted octanol–water partition coefficient (Wildman–Crippen LogP) is 4.15. The minimum absolute atomic E-state index is 0.0868. The molecule has 0 radical (unpaired) electrons. The average Bonchev–Trinajstić information content (AvgIpc) is 2.75. The number of hydrogen-bond acceptors (Lipinski definition) is 4. The Morgan fingerprint density at radius 2 is 1.61 bits per heavy atom. The molecule has 28 heavy (non-hydrogen) atoms. The zero-order chi connectivity index (χ0) is 19.7. The van der Waals surface area contributed by atoms with E-state index < -0.39 is 5.54 Å². The zero-order valence-electron chi connectivity index (χ0n) is 16.9. The zero-order valence-corrected chi connectivity index (χ0v) is 16.9. The van der Waals surface area contributed by atoms with E-state index in [1.807, 2.05) is 24.3 Å². The molecule has 0 atom stereocenters. The molecule has 1 aliphatic rings. The van der Waals surface area contributed by atoms with Crippen molar-refractivity contribution in [3.63, 3.8) is 0 Å². The van der Waals surface area contributed by atoms with Crippen molar-refractivity contribution in [2.75, 3.05) is 19.7 Å². The van der Waals surface area contributed by atoms with Crippen LogP contribution in [0.4, 0.5) is 0 Å². The van der Waals surface area contributed by atoms with E-state index in [-0.39, 0.29) is 5.97 Å². The molecule has 1 aliphatic heterocycles. The van der Waals surface area contributed by atoms with Crippen LogP contribution in [0.5, 0.6) is 0 Å². The van der Waals surface area contributed by atoms with Gasteiger partial charge in [-0.3, -0.25) is 15.0 Å².